The Kier molecular flexibility index (Phi) is 4.51. The molecule has 2 heterocycles. The molecule has 24 heavy (non-hydrogen) atoms. The summed E-state index contributed by atoms with van der Waals surface area (Å²) in [5, 5.41) is 10.0. The van der Waals surface area contributed by atoms with Crippen LogP contribution in [0, 0.1) is 6.92 Å². The van der Waals surface area contributed by atoms with Crippen LogP contribution in [0.2, 0.25) is 0 Å². The Hall–Kier alpha value is -2.82. The number of benzene rings is 1. The van der Waals surface area contributed by atoms with Gasteiger partial charge in [0.25, 0.3) is 0 Å². The molecular formula is C19H20N2O3. The van der Waals surface area contributed by atoms with Crippen LogP contribution in [0.25, 0.3) is 10.9 Å². The topological polar surface area (TPSA) is 64.4 Å². The van der Waals surface area contributed by atoms with E-state index in [2.05, 4.69) is 21.7 Å². The fourth-order valence-corrected chi connectivity index (χ4v) is 2.81. The molecule has 5 nitrogen and oxygen atoms in total. The first-order valence-corrected chi connectivity index (χ1v) is 7.98. The van der Waals surface area contributed by atoms with Crippen molar-refractivity contribution >= 4 is 16.9 Å². The van der Waals surface area contributed by atoms with Crippen LogP contribution >= 0.6 is 0 Å². The van der Waals surface area contributed by atoms with Gasteiger partial charge in [0, 0.05) is 18.4 Å². The van der Waals surface area contributed by atoms with Crippen molar-refractivity contribution in [3.05, 3.63) is 59.9 Å². The summed E-state index contributed by atoms with van der Waals surface area (Å²) in [6.07, 6.45) is 1.16. The highest BCUT2D eigenvalue weighted by atomic mass is 16.5. The number of carbonyl (C=O) groups is 1. The van der Waals surface area contributed by atoms with E-state index in [9.17, 15) is 9.90 Å². The molecule has 1 aromatic carbocycles. The van der Waals surface area contributed by atoms with E-state index in [0.29, 0.717) is 12.3 Å². The van der Waals surface area contributed by atoms with Crippen molar-refractivity contribution in [2.45, 2.75) is 32.9 Å². The number of ether oxygens (including phenoxy) is 1. The van der Waals surface area contributed by atoms with Gasteiger partial charge in [-0.25, -0.2) is 9.78 Å². The van der Waals surface area contributed by atoms with Gasteiger partial charge in [-0.05, 0) is 31.0 Å². The average Bonchev–Trinajstić information content (AvgIpc) is 2.90. The maximum absolute atomic E-state index is 11.2. The van der Waals surface area contributed by atoms with Crippen molar-refractivity contribution in [2.24, 2.45) is 0 Å². The SMILES string of the molecule is CCC(Oc1nccc2c1cc(C)n2Cc1ccccc1)C(=O)O. The van der Waals surface area contributed by atoms with Gasteiger partial charge in [-0.1, -0.05) is 37.3 Å². The number of hydrogen-bond donors (Lipinski definition) is 1. The zero-order valence-corrected chi connectivity index (χ0v) is 13.8. The summed E-state index contributed by atoms with van der Waals surface area (Å²) < 4.78 is 7.81. The van der Waals surface area contributed by atoms with Crippen LogP contribution in [0.5, 0.6) is 5.88 Å². The van der Waals surface area contributed by atoms with Crippen LogP contribution in [0.4, 0.5) is 0 Å². The Labute approximate surface area is 140 Å². The third-order valence-corrected chi connectivity index (χ3v) is 4.08. The average molecular weight is 324 g/mol. The summed E-state index contributed by atoms with van der Waals surface area (Å²) in [4.78, 5) is 15.5. The highest BCUT2D eigenvalue weighted by Crippen LogP contribution is 2.28. The molecule has 0 spiro atoms. The van der Waals surface area contributed by atoms with Crippen molar-refractivity contribution in [2.75, 3.05) is 0 Å². The molecule has 0 aliphatic carbocycles. The van der Waals surface area contributed by atoms with Gasteiger partial charge in [0.05, 0.1) is 10.9 Å². The predicted octanol–water partition coefficient (Wildman–Crippen LogP) is 3.64. The summed E-state index contributed by atoms with van der Waals surface area (Å²) in [6.45, 7) is 4.56. The van der Waals surface area contributed by atoms with Crippen molar-refractivity contribution in [3.63, 3.8) is 0 Å². The summed E-state index contributed by atoms with van der Waals surface area (Å²) in [5.74, 6) is -0.603. The molecule has 3 aromatic rings. The molecule has 0 bridgehead atoms. The van der Waals surface area contributed by atoms with Crippen molar-refractivity contribution < 1.29 is 14.6 Å². The van der Waals surface area contributed by atoms with E-state index in [-0.39, 0.29) is 0 Å². The first-order valence-electron chi connectivity index (χ1n) is 7.98. The number of nitrogens with zero attached hydrogens (tertiary/aromatic N) is 2. The number of hydrogen-bond acceptors (Lipinski definition) is 3. The largest absolute Gasteiger partial charge is 0.479 e. The van der Waals surface area contributed by atoms with Gasteiger partial charge in [0.2, 0.25) is 5.88 Å². The lowest BCUT2D eigenvalue weighted by Crippen LogP contribution is -2.26. The molecule has 2 aromatic heterocycles. The molecule has 0 radical (unpaired) electrons. The van der Waals surface area contributed by atoms with Gasteiger partial charge >= 0.3 is 5.97 Å². The zero-order chi connectivity index (χ0) is 17.1. The summed E-state index contributed by atoms with van der Waals surface area (Å²) in [6, 6.07) is 14.1. The van der Waals surface area contributed by atoms with E-state index in [0.717, 1.165) is 23.1 Å². The molecule has 1 atom stereocenters. The number of aromatic nitrogens is 2. The minimum absolute atomic E-state index is 0.372. The third kappa shape index (κ3) is 3.11. The number of pyridine rings is 1. The van der Waals surface area contributed by atoms with Crippen LogP contribution in [0.15, 0.2) is 48.7 Å². The molecule has 0 aliphatic rings. The summed E-state index contributed by atoms with van der Waals surface area (Å²) in [5.41, 5.74) is 3.27. The number of fused-ring (bicyclic) bond motifs is 1. The molecule has 124 valence electrons. The lowest BCUT2D eigenvalue weighted by molar-refractivity contribution is -0.145. The quantitative estimate of drug-likeness (QED) is 0.752. The molecule has 0 saturated carbocycles. The van der Waals surface area contributed by atoms with Crippen LogP contribution < -0.4 is 4.74 Å². The second-order valence-corrected chi connectivity index (χ2v) is 5.76. The molecule has 0 saturated heterocycles. The highest BCUT2D eigenvalue weighted by Gasteiger charge is 2.20. The Bertz CT molecular complexity index is 856. The standard InChI is InChI=1S/C19H20N2O3/c1-3-17(19(22)23)24-18-15-11-13(2)21(16(15)9-10-20-18)12-14-7-5-4-6-8-14/h4-11,17H,3,12H2,1-2H3,(H,22,23). The number of aryl methyl sites for hydroxylation is 1. The maximum atomic E-state index is 11.2. The lowest BCUT2D eigenvalue weighted by Gasteiger charge is -2.13. The molecule has 1 unspecified atom stereocenters. The van der Waals surface area contributed by atoms with E-state index in [1.54, 1.807) is 13.1 Å². The predicted molar refractivity (Wildman–Crippen MR) is 92.4 cm³/mol. The Balaban J connectivity index is 2.00. The molecule has 0 fully saturated rings. The fraction of sp³-hybridized carbons (Fsp3) is 0.263. The van der Waals surface area contributed by atoms with E-state index < -0.39 is 12.1 Å². The zero-order valence-electron chi connectivity index (χ0n) is 13.8. The first-order chi connectivity index (χ1) is 11.6. The van der Waals surface area contributed by atoms with E-state index in [4.69, 9.17) is 4.74 Å². The van der Waals surface area contributed by atoms with Gasteiger partial charge < -0.3 is 14.4 Å². The molecule has 3 rings (SSSR count). The first kappa shape index (κ1) is 16.1. The second kappa shape index (κ2) is 6.74. The Morgan fingerprint density at radius 1 is 1.29 bits per heavy atom. The van der Waals surface area contributed by atoms with Crippen LogP contribution in [0.3, 0.4) is 0 Å². The third-order valence-electron chi connectivity index (χ3n) is 4.08. The van der Waals surface area contributed by atoms with Gasteiger partial charge in [-0.2, -0.15) is 0 Å². The van der Waals surface area contributed by atoms with Gasteiger partial charge in [0.1, 0.15) is 0 Å². The number of carboxylic acid groups (broad SMARTS) is 1. The molecule has 5 heteroatoms. The minimum atomic E-state index is -0.975. The van der Waals surface area contributed by atoms with E-state index in [1.807, 2.05) is 37.3 Å². The smallest absolute Gasteiger partial charge is 0.344 e. The Morgan fingerprint density at radius 2 is 2.04 bits per heavy atom. The maximum Gasteiger partial charge on any atom is 0.344 e. The van der Waals surface area contributed by atoms with Gasteiger partial charge in [-0.15, -0.1) is 0 Å². The number of carboxylic acids is 1. The minimum Gasteiger partial charge on any atom is -0.479 e. The molecular weight excluding hydrogens is 304 g/mol. The number of rotatable bonds is 6. The summed E-state index contributed by atoms with van der Waals surface area (Å²) in [7, 11) is 0. The van der Waals surface area contributed by atoms with Crippen LogP contribution in [-0.2, 0) is 11.3 Å². The van der Waals surface area contributed by atoms with Gasteiger partial charge in [-0.3, -0.25) is 0 Å². The molecule has 0 aliphatic heterocycles. The monoisotopic (exact) mass is 324 g/mol. The van der Waals surface area contributed by atoms with Crippen LogP contribution in [0.1, 0.15) is 24.6 Å². The van der Waals surface area contributed by atoms with Crippen molar-refractivity contribution in [1.29, 1.82) is 0 Å². The van der Waals surface area contributed by atoms with E-state index >= 15 is 0 Å². The fourth-order valence-electron chi connectivity index (χ4n) is 2.81. The lowest BCUT2D eigenvalue weighted by atomic mass is 10.2. The van der Waals surface area contributed by atoms with Gasteiger partial charge in [0.15, 0.2) is 6.10 Å². The second-order valence-electron chi connectivity index (χ2n) is 5.76. The van der Waals surface area contributed by atoms with Crippen molar-refractivity contribution in [1.82, 2.24) is 9.55 Å². The highest BCUT2D eigenvalue weighted by molar-refractivity contribution is 5.86. The van der Waals surface area contributed by atoms with E-state index in [1.165, 1.54) is 5.56 Å². The normalized spacial score (nSPS) is 12.2. The summed E-state index contributed by atoms with van der Waals surface area (Å²) >= 11 is 0. The molecule has 0 amide bonds. The molecule has 1 N–H and O–H groups in total. The van der Waals surface area contributed by atoms with Crippen LogP contribution in [-0.4, -0.2) is 26.7 Å². The van der Waals surface area contributed by atoms with Crippen molar-refractivity contribution in [3.8, 4) is 5.88 Å². The Morgan fingerprint density at radius 3 is 2.71 bits per heavy atom. The number of aliphatic carboxylic acids is 1.